The molecule has 4 nitrogen and oxygen atoms in total. The monoisotopic (exact) mass is 287 g/mol. The Morgan fingerprint density at radius 2 is 2.00 bits per heavy atom. The smallest absolute Gasteiger partial charge is 0.416 e. The zero-order valence-corrected chi connectivity index (χ0v) is 10.4. The Labute approximate surface area is 112 Å². The van der Waals surface area contributed by atoms with Gasteiger partial charge in [0.2, 0.25) is 0 Å². The van der Waals surface area contributed by atoms with Gasteiger partial charge in [-0.05, 0) is 24.6 Å². The summed E-state index contributed by atoms with van der Waals surface area (Å²) < 4.78 is 37.7. The number of carboxylic acids is 1. The molecule has 1 aromatic rings. The average Bonchev–Trinajstić information content (AvgIpc) is 2.87. The number of halogens is 3. The first-order valence-electron chi connectivity index (χ1n) is 5.98. The van der Waals surface area contributed by atoms with E-state index in [1.54, 1.807) is 0 Å². The highest BCUT2D eigenvalue weighted by Gasteiger charge is 2.33. The van der Waals surface area contributed by atoms with Crippen LogP contribution in [-0.2, 0) is 11.0 Å². The number of amides is 1. The Morgan fingerprint density at radius 3 is 2.55 bits per heavy atom. The maximum absolute atomic E-state index is 12.6. The molecule has 2 rings (SSSR count). The van der Waals surface area contributed by atoms with Gasteiger partial charge >= 0.3 is 12.1 Å². The molecule has 1 amide bonds. The molecule has 0 saturated carbocycles. The molecule has 0 aromatic heterocycles. The fraction of sp³-hybridized carbons (Fsp3) is 0.385. The van der Waals surface area contributed by atoms with Gasteiger partial charge in [0, 0.05) is 18.7 Å². The number of carbonyl (C=O) groups is 2. The first-order valence-corrected chi connectivity index (χ1v) is 5.98. The van der Waals surface area contributed by atoms with Crippen molar-refractivity contribution in [1.82, 2.24) is 4.90 Å². The summed E-state index contributed by atoms with van der Waals surface area (Å²) in [7, 11) is 0. The lowest BCUT2D eigenvalue weighted by Gasteiger charge is -2.16. The van der Waals surface area contributed by atoms with E-state index in [-0.39, 0.29) is 18.7 Å². The molecule has 1 N–H and O–H groups in total. The fourth-order valence-electron chi connectivity index (χ4n) is 2.16. The van der Waals surface area contributed by atoms with Crippen LogP contribution in [0.5, 0.6) is 0 Å². The molecule has 1 fully saturated rings. The standard InChI is InChI=1S/C13H12F3NO3/c14-13(15,16)10-3-1-2-8(6-10)11(18)17-5-4-9(7-17)12(19)20/h1-3,6,9H,4-5,7H2,(H,19,20)/t9-/m0/s1. The Bertz CT molecular complexity index is 542. The summed E-state index contributed by atoms with van der Waals surface area (Å²) in [6, 6.07) is 4.14. The molecule has 108 valence electrons. The molecule has 1 heterocycles. The van der Waals surface area contributed by atoms with Gasteiger partial charge in [-0.15, -0.1) is 0 Å². The zero-order valence-electron chi connectivity index (χ0n) is 10.4. The molecule has 1 atom stereocenters. The minimum atomic E-state index is -4.51. The Kier molecular flexibility index (Phi) is 3.69. The third kappa shape index (κ3) is 2.92. The van der Waals surface area contributed by atoms with Crippen molar-refractivity contribution in [2.75, 3.05) is 13.1 Å². The fourth-order valence-corrected chi connectivity index (χ4v) is 2.16. The molecule has 0 unspecified atom stereocenters. The molecule has 0 radical (unpaired) electrons. The van der Waals surface area contributed by atoms with E-state index in [4.69, 9.17) is 5.11 Å². The minimum absolute atomic E-state index is 0.0322. The number of nitrogens with zero attached hydrogens (tertiary/aromatic N) is 1. The maximum atomic E-state index is 12.6. The van der Waals surface area contributed by atoms with Gasteiger partial charge in [0.1, 0.15) is 0 Å². The quantitative estimate of drug-likeness (QED) is 0.907. The van der Waals surface area contributed by atoms with Gasteiger partial charge < -0.3 is 10.0 Å². The van der Waals surface area contributed by atoms with E-state index in [0.29, 0.717) is 6.42 Å². The lowest BCUT2D eigenvalue weighted by Crippen LogP contribution is -2.30. The summed E-state index contributed by atoms with van der Waals surface area (Å²) in [6.07, 6.45) is -4.19. The zero-order chi connectivity index (χ0) is 14.9. The predicted molar refractivity (Wildman–Crippen MR) is 63.1 cm³/mol. The average molecular weight is 287 g/mol. The molecular weight excluding hydrogens is 275 g/mol. The van der Waals surface area contributed by atoms with Crippen LogP contribution in [-0.4, -0.2) is 35.0 Å². The Balaban J connectivity index is 2.16. The van der Waals surface area contributed by atoms with Crippen molar-refractivity contribution in [3.8, 4) is 0 Å². The van der Waals surface area contributed by atoms with Gasteiger partial charge in [0.15, 0.2) is 0 Å². The highest BCUT2D eigenvalue weighted by molar-refractivity contribution is 5.95. The second-order valence-corrected chi connectivity index (χ2v) is 4.65. The predicted octanol–water partition coefficient (Wildman–Crippen LogP) is 2.25. The number of rotatable bonds is 2. The number of alkyl halides is 3. The third-order valence-electron chi connectivity index (χ3n) is 3.26. The first kappa shape index (κ1) is 14.4. The van der Waals surface area contributed by atoms with Crippen LogP contribution < -0.4 is 0 Å². The van der Waals surface area contributed by atoms with E-state index in [1.165, 1.54) is 17.0 Å². The van der Waals surface area contributed by atoms with E-state index in [1.807, 2.05) is 0 Å². The van der Waals surface area contributed by atoms with Crippen LogP contribution in [0.25, 0.3) is 0 Å². The number of carbonyl (C=O) groups excluding carboxylic acids is 1. The van der Waals surface area contributed by atoms with Gasteiger partial charge in [-0.25, -0.2) is 0 Å². The van der Waals surface area contributed by atoms with E-state index in [2.05, 4.69) is 0 Å². The molecule has 1 aromatic carbocycles. The summed E-state index contributed by atoms with van der Waals surface area (Å²) in [5.41, 5.74) is -0.969. The van der Waals surface area contributed by atoms with Gasteiger partial charge in [0.25, 0.3) is 5.91 Å². The number of aliphatic carboxylic acids is 1. The second kappa shape index (κ2) is 5.15. The number of likely N-dealkylation sites (tertiary alicyclic amines) is 1. The summed E-state index contributed by atoms with van der Waals surface area (Å²) >= 11 is 0. The van der Waals surface area contributed by atoms with Gasteiger partial charge in [-0.3, -0.25) is 9.59 Å². The molecule has 20 heavy (non-hydrogen) atoms. The van der Waals surface area contributed by atoms with Crippen LogP contribution in [0, 0.1) is 5.92 Å². The number of hydrogen-bond donors (Lipinski definition) is 1. The number of hydrogen-bond acceptors (Lipinski definition) is 2. The number of benzene rings is 1. The topological polar surface area (TPSA) is 57.6 Å². The van der Waals surface area contributed by atoms with Crippen molar-refractivity contribution < 1.29 is 27.9 Å². The van der Waals surface area contributed by atoms with Crippen molar-refractivity contribution in [3.63, 3.8) is 0 Å². The highest BCUT2D eigenvalue weighted by Crippen LogP contribution is 2.30. The maximum Gasteiger partial charge on any atom is 0.416 e. The summed E-state index contributed by atoms with van der Waals surface area (Å²) in [4.78, 5) is 24.1. The van der Waals surface area contributed by atoms with Crippen LogP contribution in [0.4, 0.5) is 13.2 Å². The molecular formula is C13H12F3NO3. The molecule has 7 heteroatoms. The summed E-state index contributed by atoms with van der Waals surface area (Å²) in [6.45, 7) is 0.274. The van der Waals surface area contributed by atoms with Crippen LogP contribution >= 0.6 is 0 Å². The van der Waals surface area contributed by atoms with Gasteiger partial charge in [-0.1, -0.05) is 6.07 Å². The van der Waals surface area contributed by atoms with E-state index < -0.39 is 29.5 Å². The normalized spacial score (nSPS) is 19.1. The van der Waals surface area contributed by atoms with Gasteiger partial charge in [-0.2, -0.15) is 13.2 Å². The molecule has 1 saturated heterocycles. The minimum Gasteiger partial charge on any atom is -0.481 e. The molecule has 1 aliphatic heterocycles. The third-order valence-corrected chi connectivity index (χ3v) is 3.26. The van der Waals surface area contributed by atoms with Crippen LogP contribution in [0.1, 0.15) is 22.3 Å². The van der Waals surface area contributed by atoms with Crippen molar-refractivity contribution >= 4 is 11.9 Å². The lowest BCUT2D eigenvalue weighted by molar-refractivity contribution is -0.141. The summed E-state index contributed by atoms with van der Waals surface area (Å²) in [5.74, 6) is -2.21. The SMILES string of the molecule is O=C(O)[C@H]1CCN(C(=O)c2cccc(C(F)(F)F)c2)C1. The molecule has 0 bridgehead atoms. The number of carboxylic acid groups (broad SMARTS) is 1. The molecule has 0 aliphatic carbocycles. The highest BCUT2D eigenvalue weighted by atomic mass is 19.4. The van der Waals surface area contributed by atoms with E-state index in [0.717, 1.165) is 12.1 Å². The van der Waals surface area contributed by atoms with E-state index in [9.17, 15) is 22.8 Å². The lowest BCUT2D eigenvalue weighted by atomic mass is 10.1. The second-order valence-electron chi connectivity index (χ2n) is 4.65. The Morgan fingerprint density at radius 1 is 1.30 bits per heavy atom. The van der Waals surface area contributed by atoms with Gasteiger partial charge in [0.05, 0.1) is 11.5 Å². The summed E-state index contributed by atoms with van der Waals surface area (Å²) in [5, 5.41) is 8.85. The van der Waals surface area contributed by atoms with Crippen molar-refractivity contribution in [1.29, 1.82) is 0 Å². The Hall–Kier alpha value is -2.05. The van der Waals surface area contributed by atoms with Crippen LogP contribution in [0.15, 0.2) is 24.3 Å². The van der Waals surface area contributed by atoms with Crippen LogP contribution in [0.2, 0.25) is 0 Å². The molecule has 1 aliphatic rings. The van der Waals surface area contributed by atoms with Crippen LogP contribution in [0.3, 0.4) is 0 Å². The van der Waals surface area contributed by atoms with Crippen molar-refractivity contribution in [2.24, 2.45) is 5.92 Å². The van der Waals surface area contributed by atoms with Crippen molar-refractivity contribution in [2.45, 2.75) is 12.6 Å². The first-order chi connectivity index (χ1) is 9.29. The largest absolute Gasteiger partial charge is 0.481 e. The van der Waals surface area contributed by atoms with Crippen molar-refractivity contribution in [3.05, 3.63) is 35.4 Å². The van der Waals surface area contributed by atoms with E-state index >= 15 is 0 Å². The molecule has 0 spiro atoms.